The molecule has 0 bridgehead atoms. The molecule has 134 valence electrons. The maximum Gasteiger partial charge on any atom is 0.239 e. The predicted molar refractivity (Wildman–Crippen MR) is 97.6 cm³/mol. The lowest BCUT2D eigenvalue weighted by molar-refractivity contribution is -0.146. The highest BCUT2D eigenvalue weighted by atomic mass is 35.5. The smallest absolute Gasteiger partial charge is 0.239 e. The lowest BCUT2D eigenvalue weighted by Crippen LogP contribution is -2.47. The molecule has 1 rings (SSSR count). The van der Waals surface area contributed by atoms with E-state index in [1.165, 1.54) is 7.11 Å². The van der Waals surface area contributed by atoms with Crippen molar-refractivity contribution in [2.45, 2.75) is 40.5 Å². The number of carbonyl (C=O) groups is 2. The zero-order chi connectivity index (χ0) is 18.3. The van der Waals surface area contributed by atoms with E-state index in [1.54, 1.807) is 36.9 Å². The fourth-order valence-corrected chi connectivity index (χ4v) is 2.64. The van der Waals surface area contributed by atoms with Gasteiger partial charge in [0, 0.05) is 18.8 Å². The number of benzene rings is 1. The number of halogens is 1. The molecule has 2 amide bonds. The highest BCUT2D eigenvalue weighted by molar-refractivity contribution is 6.32. The number of hydrogen-bond donors (Lipinski definition) is 1. The lowest BCUT2D eigenvalue weighted by atomic mass is 9.90. The van der Waals surface area contributed by atoms with Gasteiger partial charge in [-0.05, 0) is 44.9 Å². The van der Waals surface area contributed by atoms with Crippen LogP contribution in [0.25, 0.3) is 0 Å². The Hall–Kier alpha value is -1.75. The van der Waals surface area contributed by atoms with Gasteiger partial charge in [0.2, 0.25) is 11.8 Å². The third kappa shape index (κ3) is 4.87. The lowest BCUT2D eigenvalue weighted by Gasteiger charge is -2.30. The second kappa shape index (κ2) is 8.92. The maximum absolute atomic E-state index is 12.8. The Morgan fingerprint density at radius 3 is 2.25 bits per heavy atom. The molecule has 0 unspecified atom stereocenters. The number of rotatable bonds is 8. The Bertz CT molecular complexity index is 582. The molecule has 0 radical (unpaired) electrons. The van der Waals surface area contributed by atoms with Gasteiger partial charge >= 0.3 is 0 Å². The van der Waals surface area contributed by atoms with E-state index in [1.807, 2.05) is 13.8 Å². The molecule has 0 fully saturated rings. The largest absolute Gasteiger partial charge is 0.495 e. The van der Waals surface area contributed by atoms with Crippen LogP contribution in [-0.2, 0) is 9.59 Å². The van der Waals surface area contributed by atoms with Crippen molar-refractivity contribution in [1.29, 1.82) is 0 Å². The Morgan fingerprint density at radius 1 is 1.21 bits per heavy atom. The van der Waals surface area contributed by atoms with Crippen molar-refractivity contribution in [3.63, 3.8) is 0 Å². The molecule has 0 atom stereocenters. The molecule has 6 heteroatoms. The second-order valence-corrected chi connectivity index (χ2v) is 6.63. The first-order valence-corrected chi connectivity index (χ1v) is 8.60. The number of methoxy groups -OCH3 is 1. The van der Waals surface area contributed by atoms with Gasteiger partial charge in [0.25, 0.3) is 0 Å². The van der Waals surface area contributed by atoms with Crippen LogP contribution in [0.15, 0.2) is 18.2 Å². The first kappa shape index (κ1) is 20.3. The number of ether oxygens (including phenoxy) is 1. The van der Waals surface area contributed by atoms with Crippen LogP contribution in [-0.4, -0.2) is 36.9 Å². The molecular weight excluding hydrogens is 328 g/mol. The molecule has 5 nitrogen and oxygen atoms in total. The normalized spacial score (nSPS) is 11.1. The van der Waals surface area contributed by atoms with E-state index in [0.29, 0.717) is 29.5 Å². The molecule has 0 aliphatic heterocycles. The summed E-state index contributed by atoms with van der Waals surface area (Å²) in [7, 11) is 1.53. The number of hydrogen-bond acceptors (Lipinski definition) is 3. The SMILES string of the molecule is CCCN(CCC)C(=O)C(C)(C)C(=O)Nc1ccc(OC)c(Cl)c1. The van der Waals surface area contributed by atoms with Crippen LogP contribution in [0.1, 0.15) is 40.5 Å². The van der Waals surface area contributed by atoms with Crippen LogP contribution in [0, 0.1) is 5.41 Å². The Balaban J connectivity index is 2.90. The molecule has 0 aromatic heterocycles. The summed E-state index contributed by atoms with van der Waals surface area (Å²) in [5, 5.41) is 3.17. The number of nitrogens with zero attached hydrogens (tertiary/aromatic N) is 1. The molecule has 0 spiro atoms. The summed E-state index contributed by atoms with van der Waals surface area (Å²) in [5.41, 5.74) is -0.624. The monoisotopic (exact) mass is 354 g/mol. The van der Waals surface area contributed by atoms with Gasteiger partial charge < -0.3 is 15.0 Å². The van der Waals surface area contributed by atoms with Crippen molar-refractivity contribution in [1.82, 2.24) is 4.90 Å². The van der Waals surface area contributed by atoms with Crippen LogP contribution >= 0.6 is 11.6 Å². The number of anilines is 1. The Morgan fingerprint density at radius 2 is 1.79 bits per heavy atom. The number of carbonyl (C=O) groups excluding carboxylic acids is 2. The van der Waals surface area contributed by atoms with Crippen molar-refractivity contribution >= 4 is 29.1 Å². The maximum atomic E-state index is 12.8. The van der Waals surface area contributed by atoms with Crippen LogP contribution in [0.5, 0.6) is 5.75 Å². The minimum Gasteiger partial charge on any atom is -0.495 e. The average molecular weight is 355 g/mol. The predicted octanol–water partition coefficient (Wildman–Crippen LogP) is 3.96. The van der Waals surface area contributed by atoms with E-state index in [2.05, 4.69) is 5.32 Å². The van der Waals surface area contributed by atoms with Crippen LogP contribution in [0.3, 0.4) is 0 Å². The number of nitrogens with one attached hydrogen (secondary N) is 1. The van der Waals surface area contributed by atoms with Crippen molar-refractivity contribution in [2.24, 2.45) is 5.41 Å². The topological polar surface area (TPSA) is 58.6 Å². The molecular formula is C18H27ClN2O3. The van der Waals surface area contributed by atoms with E-state index in [4.69, 9.17) is 16.3 Å². The zero-order valence-corrected chi connectivity index (χ0v) is 15.9. The van der Waals surface area contributed by atoms with Gasteiger partial charge in [-0.25, -0.2) is 0 Å². The molecule has 1 N–H and O–H groups in total. The molecule has 24 heavy (non-hydrogen) atoms. The summed E-state index contributed by atoms with van der Waals surface area (Å²) < 4.78 is 5.09. The quantitative estimate of drug-likeness (QED) is 0.719. The van der Waals surface area contributed by atoms with E-state index >= 15 is 0 Å². The standard InChI is InChI=1S/C18H27ClN2O3/c1-6-10-21(11-7-2)17(23)18(3,4)16(22)20-13-8-9-15(24-5)14(19)12-13/h8-9,12H,6-7,10-11H2,1-5H3,(H,20,22). The summed E-state index contributed by atoms with van der Waals surface area (Å²) in [6.07, 6.45) is 1.72. The molecule has 0 aliphatic rings. The highest BCUT2D eigenvalue weighted by Crippen LogP contribution is 2.29. The summed E-state index contributed by atoms with van der Waals surface area (Å²) in [5.74, 6) is 0.0105. The zero-order valence-electron chi connectivity index (χ0n) is 15.1. The second-order valence-electron chi connectivity index (χ2n) is 6.22. The van der Waals surface area contributed by atoms with E-state index in [9.17, 15) is 9.59 Å². The van der Waals surface area contributed by atoms with Crippen molar-refractivity contribution in [3.8, 4) is 5.75 Å². The summed E-state index contributed by atoms with van der Waals surface area (Å²) in [4.78, 5) is 27.1. The van der Waals surface area contributed by atoms with Gasteiger partial charge in [-0.1, -0.05) is 25.4 Å². The van der Waals surface area contributed by atoms with Crippen molar-refractivity contribution in [2.75, 3.05) is 25.5 Å². The van der Waals surface area contributed by atoms with Crippen LogP contribution in [0.4, 0.5) is 5.69 Å². The molecule has 0 aliphatic carbocycles. The fraction of sp³-hybridized carbons (Fsp3) is 0.556. The minimum absolute atomic E-state index is 0.164. The van der Waals surface area contributed by atoms with Gasteiger partial charge in [-0.15, -0.1) is 0 Å². The molecule has 0 heterocycles. The third-order valence-electron chi connectivity index (χ3n) is 3.79. The van der Waals surface area contributed by atoms with Gasteiger partial charge in [0.1, 0.15) is 11.2 Å². The van der Waals surface area contributed by atoms with Crippen LogP contribution < -0.4 is 10.1 Å². The van der Waals surface area contributed by atoms with Crippen LogP contribution in [0.2, 0.25) is 5.02 Å². The minimum atomic E-state index is -1.16. The third-order valence-corrected chi connectivity index (χ3v) is 4.08. The average Bonchev–Trinajstić information content (AvgIpc) is 2.54. The highest BCUT2D eigenvalue weighted by Gasteiger charge is 2.38. The van der Waals surface area contributed by atoms with Gasteiger partial charge in [0.15, 0.2) is 0 Å². The molecule has 0 saturated carbocycles. The Kier molecular flexibility index (Phi) is 7.55. The fourth-order valence-electron chi connectivity index (χ4n) is 2.38. The van der Waals surface area contributed by atoms with E-state index in [-0.39, 0.29) is 11.8 Å². The molecule has 1 aromatic carbocycles. The number of amides is 2. The van der Waals surface area contributed by atoms with E-state index < -0.39 is 5.41 Å². The summed E-state index contributed by atoms with van der Waals surface area (Å²) in [6.45, 7) is 8.63. The van der Waals surface area contributed by atoms with Gasteiger partial charge in [0.05, 0.1) is 12.1 Å². The summed E-state index contributed by atoms with van der Waals surface area (Å²) in [6, 6.07) is 4.97. The van der Waals surface area contributed by atoms with E-state index in [0.717, 1.165) is 12.8 Å². The first-order valence-electron chi connectivity index (χ1n) is 8.22. The summed E-state index contributed by atoms with van der Waals surface area (Å²) >= 11 is 6.07. The van der Waals surface area contributed by atoms with Gasteiger partial charge in [-0.3, -0.25) is 9.59 Å². The first-order chi connectivity index (χ1) is 11.3. The Labute approximate surface area is 149 Å². The van der Waals surface area contributed by atoms with Crippen molar-refractivity contribution < 1.29 is 14.3 Å². The van der Waals surface area contributed by atoms with Crippen molar-refractivity contribution in [3.05, 3.63) is 23.2 Å². The van der Waals surface area contributed by atoms with Gasteiger partial charge in [-0.2, -0.15) is 0 Å². The molecule has 1 aromatic rings. The molecule has 0 saturated heterocycles.